The summed E-state index contributed by atoms with van der Waals surface area (Å²) in [7, 11) is 1.67. The minimum atomic E-state index is -0.756. The van der Waals surface area contributed by atoms with Crippen LogP contribution in [0.25, 0.3) is 0 Å². The highest BCUT2D eigenvalue weighted by Gasteiger charge is 2.31. The van der Waals surface area contributed by atoms with E-state index in [1.54, 1.807) is 7.05 Å². The molecule has 78 valence electrons. The molecular weight excluding hydrogens is 184 g/mol. The molecule has 0 spiro atoms. The van der Waals surface area contributed by atoms with E-state index in [2.05, 4.69) is 15.4 Å². The van der Waals surface area contributed by atoms with Crippen molar-refractivity contribution in [2.24, 2.45) is 7.05 Å². The fourth-order valence-corrected chi connectivity index (χ4v) is 1.65. The van der Waals surface area contributed by atoms with Gasteiger partial charge >= 0.3 is 0 Å². The van der Waals surface area contributed by atoms with Gasteiger partial charge in [0.2, 0.25) is 5.82 Å². The molecule has 14 heavy (non-hydrogen) atoms. The predicted molar refractivity (Wildman–Crippen MR) is 47.3 cm³/mol. The Morgan fingerprint density at radius 2 is 2.36 bits per heavy atom. The number of hydrogen-bond donors (Lipinski definition) is 1. The first-order valence-corrected chi connectivity index (χ1v) is 4.74. The van der Waals surface area contributed by atoms with Crippen LogP contribution in [0.3, 0.4) is 0 Å². The summed E-state index contributed by atoms with van der Waals surface area (Å²) in [4.78, 5) is 1.33. The number of aliphatic hydroxyl groups excluding tert-OH is 1. The molecule has 0 aromatic carbocycles. The van der Waals surface area contributed by atoms with Gasteiger partial charge in [0.1, 0.15) is 6.10 Å². The molecule has 6 nitrogen and oxygen atoms in total. The molecule has 0 radical (unpaired) electrons. The van der Waals surface area contributed by atoms with Crippen molar-refractivity contribution in [1.82, 2.24) is 20.2 Å². The number of nitrogens with zero attached hydrogens (tertiary/aromatic N) is 4. The van der Waals surface area contributed by atoms with Gasteiger partial charge in [-0.05, 0) is 25.0 Å². The number of tetrazole rings is 1. The summed E-state index contributed by atoms with van der Waals surface area (Å²) in [6.07, 6.45) is 1.09. The van der Waals surface area contributed by atoms with E-state index in [-0.39, 0.29) is 12.2 Å². The lowest BCUT2D eigenvalue weighted by Gasteiger charge is -2.14. The number of hydrogen-bond acceptors (Lipinski definition) is 5. The van der Waals surface area contributed by atoms with Crippen LogP contribution < -0.4 is 0 Å². The Morgan fingerprint density at radius 3 is 2.86 bits per heavy atom. The van der Waals surface area contributed by atoms with Crippen LogP contribution in [0.15, 0.2) is 0 Å². The van der Waals surface area contributed by atoms with Crippen LogP contribution in [0.1, 0.15) is 31.7 Å². The van der Waals surface area contributed by atoms with Crippen molar-refractivity contribution in [1.29, 1.82) is 0 Å². The highest BCUT2D eigenvalue weighted by molar-refractivity contribution is 4.91. The number of aryl methyl sites for hydroxylation is 1. The first kappa shape index (κ1) is 9.54. The van der Waals surface area contributed by atoms with Gasteiger partial charge in [-0.1, -0.05) is 0 Å². The van der Waals surface area contributed by atoms with Gasteiger partial charge in [-0.3, -0.25) is 0 Å². The third-order valence-corrected chi connectivity index (χ3v) is 2.41. The molecule has 2 heterocycles. The van der Waals surface area contributed by atoms with Crippen molar-refractivity contribution in [2.75, 3.05) is 0 Å². The smallest absolute Gasteiger partial charge is 0.205 e. The standard InChI is InChI=1S/C8H14N4O2/c1-5-3-4-6(14-5)7(13)8-9-11-12(2)10-8/h5-7,13H,3-4H2,1-2H3. The Kier molecular flexibility index (Phi) is 2.47. The SMILES string of the molecule is CC1CCC(C(O)c2nnn(C)n2)O1. The lowest BCUT2D eigenvalue weighted by atomic mass is 10.1. The second kappa shape index (κ2) is 3.62. The zero-order chi connectivity index (χ0) is 10.1. The lowest BCUT2D eigenvalue weighted by molar-refractivity contribution is -0.0333. The maximum absolute atomic E-state index is 9.85. The minimum Gasteiger partial charge on any atom is -0.382 e. The first-order chi connectivity index (χ1) is 6.66. The third-order valence-electron chi connectivity index (χ3n) is 2.41. The summed E-state index contributed by atoms with van der Waals surface area (Å²) >= 11 is 0. The molecular formula is C8H14N4O2. The van der Waals surface area contributed by atoms with Crippen molar-refractivity contribution >= 4 is 0 Å². The Bertz CT molecular complexity index is 314. The number of rotatable bonds is 2. The Morgan fingerprint density at radius 1 is 1.57 bits per heavy atom. The highest BCUT2D eigenvalue weighted by Crippen LogP contribution is 2.27. The first-order valence-electron chi connectivity index (χ1n) is 4.74. The van der Waals surface area contributed by atoms with Crippen molar-refractivity contribution in [3.05, 3.63) is 5.82 Å². The molecule has 1 fully saturated rings. The van der Waals surface area contributed by atoms with Crippen LogP contribution in [0.5, 0.6) is 0 Å². The highest BCUT2D eigenvalue weighted by atomic mass is 16.5. The third kappa shape index (κ3) is 1.76. The zero-order valence-electron chi connectivity index (χ0n) is 8.29. The van der Waals surface area contributed by atoms with Gasteiger partial charge in [-0.15, -0.1) is 10.2 Å². The summed E-state index contributed by atoms with van der Waals surface area (Å²) in [5, 5.41) is 21.2. The van der Waals surface area contributed by atoms with Gasteiger partial charge in [-0.2, -0.15) is 4.80 Å². The summed E-state index contributed by atoms with van der Waals surface area (Å²) in [6, 6.07) is 0. The molecule has 1 N–H and O–H groups in total. The second-order valence-corrected chi connectivity index (χ2v) is 3.64. The summed E-state index contributed by atoms with van der Waals surface area (Å²) in [5.41, 5.74) is 0. The molecule has 2 rings (SSSR count). The number of aromatic nitrogens is 4. The summed E-state index contributed by atoms with van der Waals surface area (Å²) in [5.74, 6) is 0.339. The lowest BCUT2D eigenvalue weighted by Crippen LogP contribution is -2.20. The average Bonchev–Trinajstić information content (AvgIpc) is 2.73. The van der Waals surface area contributed by atoms with E-state index in [0.717, 1.165) is 12.8 Å². The average molecular weight is 198 g/mol. The molecule has 0 bridgehead atoms. The van der Waals surface area contributed by atoms with Crippen molar-refractivity contribution in [3.8, 4) is 0 Å². The Hall–Kier alpha value is -1.01. The molecule has 3 atom stereocenters. The summed E-state index contributed by atoms with van der Waals surface area (Å²) < 4.78 is 5.52. The molecule has 1 saturated heterocycles. The van der Waals surface area contributed by atoms with Gasteiger partial charge in [0, 0.05) is 0 Å². The molecule has 0 aliphatic carbocycles. The second-order valence-electron chi connectivity index (χ2n) is 3.64. The molecule has 0 amide bonds. The zero-order valence-corrected chi connectivity index (χ0v) is 8.29. The quantitative estimate of drug-likeness (QED) is 0.713. The molecule has 1 aromatic heterocycles. The van der Waals surface area contributed by atoms with Crippen LogP contribution >= 0.6 is 0 Å². The number of aliphatic hydroxyl groups is 1. The maximum Gasteiger partial charge on any atom is 0.205 e. The molecule has 3 unspecified atom stereocenters. The van der Waals surface area contributed by atoms with E-state index in [0.29, 0.717) is 5.82 Å². The van der Waals surface area contributed by atoms with Gasteiger partial charge in [0.25, 0.3) is 0 Å². The van der Waals surface area contributed by atoms with Crippen LogP contribution in [-0.2, 0) is 11.8 Å². The molecule has 1 aliphatic heterocycles. The van der Waals surface area contributed by atoms with E-state index in [4.69, 9.17) is 4.74 Å². The Labute approximate surface area is 81.9 Å². The van der Waals surface area contributed by atoms with Gasteiger partial charge in [0.05, 0.1) is 19.3 Å². The van der Waals surface area contributed by atoms with Crippen LogP contribution in [-0.4, -0.2) is 37.5 Å². The van der Waals surface area contributed by atoms with Crippen molar-refractivity contribution in [3.63, 3.8) is 0 Å². The van der Waals surface area contributed by atoms with Crippen LogP contribution in [0, 0.1) is 0 Å². The van der Waals surface area contributed by atoms with Crippen LogP contribution in [0.4, 0.5) is 0 Å². The summed E-state index contributed by atoms with van der Waals surface area (Å²) in [6.45, 7) is 2.00. The van der Waals surface area contributed by atoms with Crippen molar-refractivity contribution in [2.45, 2.75) is 38.1 Å². The molecule has 6 heteroatoms. The minimum absolute atomic E-state index is 0.186. The van der Waals surface area contributed by atoms with Gasteiger partial charge < -0.3 is 9.84 Å². The van der Waals surface area contributed by atoms with Crippen LogP contribution in [0.2, 0.25) is 0 Å². The topological polar surface area (TPSA) is 73.1 Å². The fourth-order valence-electron chi connectivity index (χ4n) is 1.65. The van der Waals surface area contributed by atoms with E-state index < -0.39 is 6.10 Å². The van der Waals surface area contributed by atoms with Crippen molar-refractivity contribution < 1.29 is 9.84 Å². The monoisotopic (exact) mass is 198 g/mol. The van der Waals surface area contributed by atoms with E-state index in [1.807, 2.05) is 6.92 Å². The predicted octanol–water partition coefficient (Wildman–Crippen LogP) is -0.189. The van der Waals surface area contributed by atoms with Gasteiger partial charge in [0.15, 0.2) is 0 Å². The normalized spacial score (nSPS) is 29.4. The van der Waals surface area contributed by atoms with E-state index in [1.165, 1.54) is 4.80 Å². The van der Waals surface area contributed by atoms with Gasteiger partial charge in [-0.25, -0.2) is 0 Å². The Balaban J connectivity index is 2.05. The van der Waals surface area contributed by atoms with E-state index >= 15 is 0 Å². The number of ether oxygens (including phenoxy) is 1. The largest absolute Gasteiger partial charge is 0.382 e. The molecule has 1 aromatic rings. The molecule has 0 saturated carbocycles. The molecule has 1 aliphatic rings. The maximum atomic E-state index is 9.85. The van der Waals surface area contributed by atoms with E-state index in [9.17, 15) is 5.11 Å². The fraction of sp³-hybridized carbons (Fsp3) is 0.875.